The van der Waals surface area contributed by atoms with Crippen LogP contribution in [0.15, 0.2) is 30.5 Å². The molecule has 0 radical (unpaired) electrons. The Balaban J connectivity index is 2.29. The molecule has 0 spiro atoms. The summed E-state index contributed by atoms with van der Waals surface area (Å²) in [6.07, 6.45) is 2.87. The number of anilines is 1. The summed E-state index contributed by atoms with van der Waals surface area (Å²) in [5.41, 5.74) is 0. The van der Waals surface area contributed by atoms with E-state index in [4.69, 9.17) is 0 Å². The zero-order valence-corrected chi connectivity index (χ0v) is 10.8. The number of aromatic nitrogens is 1. The van der Waals surface area contributed by atoms with E-state index in [0.29, 0.717) is 0 Å². The molecule has 0 unspecified atom stereocenters. The first-order chi connectivity index (χ1) is 8.72. The van der Waals surface area contributed by atoms with Gasteiger partial charge in [-0.15, -0.1) is 0 Å². The van der Waals surface area contributed by atoms with Crippen LogP contribution in [0.25, 0.3) is 10.8 Å². The van der Waals surface area contributed by atoms with Gasteiger partial charge < -0.3 is 15.3 Å². The maximum atomic E-state index is 9.59. The molecule has 0 saturated heterocycles. The maximum Gasteiger partial charge on any atom is 0.136 e. The van der Waals surface area contributed by atoms with Crippen molar-refractivity contribution in [3.05, 3.63) is 30.5 Å². The minimum Gasteiger partial charge on any atom is -0.508 e. The van der Waals surface area contributed by atoms with Crippen LogP contribution in [0, 0.1) is 0 Å². The Morgan fingerprint density at radius 3 is 2.94 bits per heavy atom. The standard InChI is InChI=1S/C14H19N3O/c1-15-7-3-9-17(2)14-13-10-12(18)5-4-11(13)6-8-16-14/h4-6,8,10,15,18H,3,7,9H2,1-2H3. The van der Waals surface area contributed by atoms with E-state index in [-0.39, 0.29) is 5.75 Å². The molecule has 96 valence electrons. The van der Waals surface area contributed by atoms with Crippen LogP contribution < -0.4 is 10.2 Å². The van der Waals surface area contributed by atoms with Crippen LogP contribution in [0.5, 0.6) is 5.75 Å². The van der Waals surface area contributed by atoms with Gasteiger partial charge >= 0.3 is 0 Å². The topological polar surface area (TPSA) is 48.4 Å². The monoisotopic (exact) mass is 245 g/mol. The molecule has 1 aromatic carbocycles. The van der Waals surface area contributed by atoms with Crippen molar-refractivity contribution in [2.45, 2.75) is 6.42 Å². The number of nitrogens with one attached hydrogen (secondary N) is 1. The highest BCUT2D eigenvalue weighted by Gasteiger charge is 2.07. The van der Waals surface area contributed by atoms with Gasteiger partial charge in [0.2, 0.25) is 0 Å². The molecular formula is C14H19N3O. The van der Waals surface area contributed by atoms with Crippen LogP contribution in [0.1, 0.15) is 6.42 Å². The van der Waals surface area contributed by atoms with Crippen LogP contribution in [0.4, 0.5) is 5.82 Å². The Kier molecular flexibility index (Phi) is 3.99. The lowest BCUT2D eigenvalue weighted by molar-refractivity contribution is 0.476. The van der Waals surface area contributed by atoms with Crippen LogP contribution in [0.2, 0.25) is 0 Å². The van der Waals surface area contributed by atoms with Crippen molar-refractivity contribution >= 4 is 16.6 Å². The van der Waals surface area contributed by atoms with Gasteiger partial charge in [-0.05, 0) is 43.6 Å². The molecular weight excluding hydrogens is 226 g/mol. The first-order valence-electron chi connectivity index (χ1n) is 6.16. The fourth-order valence-electron chi connectivity index (χ4n) is 2.04. The summed E-state index contributed by atoms with van der Waals surface area (Å²) < 4.78 is 0. The highest BCUT2D eigenvalue weighted by Crippen LogP contribution is 2.26. The fraction of sp³-hybridized carbons (Fsp3) is 0.357. The smallest absolute Gasteiger partial charge is 0.136 e. The van der Waals surface area contributed by atoms with Crippen LogP contribution in [0.3, 0.4) is 0 Å². The number of hydrogen-bond acceptors (Lipinski definition) is 4. The van der Waals surface area contributed by atoms with Crippen molar-refractivity contribution in [1.82, 2.24) is 10.3 Å². The van der Waals surface area contributed by atoms with E-state index in [2.05, 4.69) is 15.2 Å². The molecule has 1 heterocycles. The molecule has 0 atom stereocenters. The molecule has 0 bridgehead atoms. The second kappa shape index (κ2) is 5.69. The highest BCUT2D eigenvalue weighted by molar-refractivity contribution is 5.93. The van der Waals surface area contributed by atoms with Gasteiger partial charge in [-0.3, -0.25) is 0 Å². The summed E-state index contributed by atoms with van der Waals surface area (Å²) >= 11 is 0. The van der Waals surface area contributed by atoms with Crippen molar-refractivity contribution < 1.29 is 5.11 Å². The first kappa shape index (κ1) is 12.6. The van der Waals surface area contributed by atoms with E-state index < -0.39 is 0 Å². The van der Waals surface area contributed by atoms with E-state index >= 15 is 0 Å². The average Bonchev–Trinajstić information content (AvgIpc) is 2.38. The quantitative estimate of drug-likeness (QED) is 0.791. The molecule has 0 fully saturated rings. The van der Waals surface area contributed by atoms with Gasteiger partial charge in [0.1, 0.15) is 11.6 Å². The number of aromatic hydroxyl groups is 1. The second-order valence-corrected chi connectivity index (χ2v) is 4.42. The van der Waals surface area contributed by atoms with E-state index in [0.717, 1.165) is 36.1 Å². The molecule has 2 aromatic rings. The highest BCUT2D eigenvalue weighted by atomic mass is 16.3. The summed E-state index contributed by atoms with van der Waals surface area (Å²) in [6, 6.07) is 7.34. The summed E-state index contributed by atoms with van der Waals surface area (Å²) in [5.74, 6) is 1.19. The van der Waals surface area contributed by atoms with Gasteiger partial charge in [0.25, 0.3) is 0 Å². The van der Waals surface area contributed by atoms with Crippen LogP contribution in [-0.4, -0.2) is 37.3 Å². The Hall–Kier alpha value is -1.81. The zero-order valence-electron chi connectivity index (χ0n) is 10.8. The lowest BCUT2D eigenvalue weighted by atomic mass is 10.1. The lowest BCUT2D eigenvalue weighted by Gasteiger charge is -2.19. The summed E-state index contributed by atoms with van der Waals surface area (Å²) in [6.45, 7) is 1.92. The molecule has 0 amide bonds. The summed E-state index contributed by atoms with van der Waals surface area (Å²) in [7, 11) is 3.98. The lowest BCUT2D eigenvalue weighted by Crippen LogP contribution is -2.23. The SMILES string of the molecule is CNCCCN(C)c1nccc2ccc(O)cc12. The van der Waals surface area contributed by atoms with Crippen molar-refractivity contribution in [2.75, 3.05) is 32.1 Å². The van der Waals surface area contributed by atoms with Crippen molar-refractivity contribution in [1.29, 1.82) is 0 Å². The number of benzene rings is 1. The predicted octanol–water partition coefficient (Wildman–Crippen LogP) is 1.99. The number of pyridine rings is 1. The summed E-state index contributed by atoms with van der Waals surface area (Å²) in [5, 5.41) is 14.8. The molecule has 4 nitrogen and oxygen atoms in total. The molecule has 4 heteroatoms. The average molecular weight is 245 g/mol. The number of hydrogen-bond donors (Lipinski definition) is 2. The van der Waals surface area contributed by atoms with Gasteiger partial charge in [0.15, 0.2) is 0 Å². The van der Waals surface area contributed by atoms with Crippen LogP contribution >= 0.6 is 0 Å². The largest absolute Gasteiger partial charge is 0.508 e. The van der Waals surface area contributed by atoms with E-state index in [1.165, 1.54) is 0 Å². The Bertz CT molecular complexity index is 527. The van der Waals surface area contributed by atoms with Gasteiger partial charge in [-0.1, -0.05) is 6.07 Å². The Morgan fingerprint density at radius 2 is 2.17 bits per heavy atom. The molecule has 18 heavy (non-hydrogen) atoms. The number of fused-ring (bicyclic) bond motifs is 1. The Labute approximate surface area is 107 Å². The predicted molar refractivity (Wildman–Crippen MR) is 75.2 cm³/mol. The molecule has 0 saturated carbocycles. The van der Waals surface area contributed by atoms with E-state index in [1.807, 2.05) is 32.4 Å². The fourth-order valence-corrected chi connectivity index (χ4v) is 2.04. The van der Waals surface area contributed by atoms with E-state index in [1.54, 1.807) is 12.1 Å². The first-order valence-corrected chi connectivity index (χ1v) is 6.16. The third kappa shape index (κ3) is 2.71. The minimum atomic E-state index is 0.278. The van der Waals surface area contributed by atoms with Gasteiger partial charge in [-0.2, -0.15) is 0 Å². The summed E-state index contributed by atoms with van der Waals surface area (Å²) in [4.78, 5) is 6.55. The Morgan fingerprint density at radius 1 is 1.33 bits per heavy atom. The number of phenolic OH excluding ortho intramolecular Hbond substituents is 1. The maximum absolute atomic E-state index is 9.59. The molecule has 0 aliphatic rings. The normalized spacial score (nSPS) is 10.8. The second-order valence-electron chi connectivity index (χ2n) is 4.42. The molecule has 0 aliphatic carbocycles. The zero-order chi connectivity index (χ0) is 13.0. The third-order valence-corrected chi connectivity index (χ3v) is 3.01. The van der Waals surface area contributed by atoms with Gasteiger partial charge in [0, 0.05) is 25.2 Å². The van der Waals surface area contributed by atoms with Crippen molar-refractivity contribution in [3.8, 4) is 5.75 Å². The number of phenols is 1. The minimum absolute atomic E-state index is 0.278. The van der Waals surface area contributed by atoms with Crippen molar-refractivity contribution in [2.24, 2.45) is 0 Å². The third-order valence-electron chi connectivity index (χ3n) is 3.01. The molecule has 0 aliphatic heterocycles. The van der Waals surface area contributed by atoms with Crippen LogP contribution in [-0.2, 0) is 0 Å². The molecule has 2 rings (SSSR count). The van der Waals surface area contributed by atoms with Crippen molar-refractivity contribution in [3.63, 3.8) is 0 Å². The van der Waals surface area contributed by atoms with Gasteiger partial charge in [0.05, 0.1) is 0 Å². The van der Waals surface area contributed by atoms with Gasteiger partial charge in [-0.25, -0.2) is 4.98 Å². The molecule has 2 N–H and O–H groups in total. The molecule has 1 aromatic heterocycles. The number of rotatable bonds is 5. The van der Waals surface area contributed by atoms with E-state index in [9.17, 15) is 5.11 Å². The number of nitrogens with zero attached hydrogens (tertiary/aromatic N) is 2.